The molecular formula is C16H24N2O3. The molecule has 0 aromatic heterocycles. The summed E-state index contributed by atoms with van der Waals surface area (Å²) in [4.78, 5) is 26.3. The molecule has 2 saturated heterocycles. The van der Waals surface area contributed by atoms with Crippen molar-refractivity contribution in [1.29, 1.82) is 0 Å². The maximum atomic E-state index is 12.4. The van der Waals surface area contributed by atoms with E-state index in [2.05, 4.69) is 17.5 Å². The average Bonchev–Trinajstić information content (AvgIpc) is 2.94. The number of allylic oxidation sites excluding steroid dienone is 2. The molecule has 0 saturated carbocycles. The zero-order valence-electron chi connectivity index (χ0n) is 12.3. The Hall–Kier alpha value is -1.78. The van der Waals surface area contributed by atoms with E-state index in [9.17, 15) is 9.59 Å². The molecule has 116 valence electrons. The number of carbonyl (C=O) groups excluding carboxylic acids is 2. The molecule has 2 fully saturated rings. The maximum Gasteiger partial charge on any atom is 0.411 e. The Bertz CT molecular complexity index is 504. The van der Waals surface area contributed by atoms with Crippen LogP contribution in [0.1, 0.15) is 40.0 Å². The van der Waals surface area contributed by atoms with Crippen LogP contribution in [0.5, 0.6) is 0 Å². The molecule has 2 amide bonds. The summed E-state index contributed by atoms with van der Waals surface area (Å²) in [5.41, 5.74) is 0.377. The molecule has 21 heavy (non-hydrogen) atoms. The molecule has 0 bridgehead atoms. The van der Waals surface area contributed by atoms with Crippen LogP contribution in [-0.2, 0) is 9.53 Å². The van der Waals surface area contributed by atoms with Gasteiger partial charge in [0.15, 0.2) is 0 Å². The minimum atomic E-state index is -0.661. The molecular weight excluding hydrogens is 268 g/mol. The summed E-state index contributed by atoms with van der Waals surface area (Å²) in [6.45, 7) is 1.62. The molecule has 3 rings (SSSR count). The second-order valence-electron chi connectivity index (χ2n) is 5.96. The first-order valence-corrected chi connectivity index (χ1v) is 7.81. The van der Waals surface area contributed by atoms with E-state index in [0.717, 1.165) is 44.1 Å². The van der Waals surface area contributed by atoms with E-state index in [1.165, 1.54) is 0 Å². The van der Waals surface area contributed by atoms with Gasteiger partial charge >= 0.3 is 6.09 Å². The molecule has 2 heterocycles. The van der Waals surface area contributed by atoms with Gasteiger partial charge < -0.3 is 10.1 Å². The Balaban J connectivity index is 0.00000176. The first-order chi connectivity index (χ1) is 10.2. The Kier molecular flexibility index (Phi) is 3.99. The van der Waals surface area contributed by atoms with Gasteiger partial charge in [-0.1, -0.05) is 18.2 Å². The average molecular weight is 292 g/mol. The van der Waals surface area contributed by atoms with Crippen molar-refractivity contribution in [3.63, 3.8) is 0 Å². The van der Waals surface area contributed by atoms with E-state index in [1.807, 2.05) is 6.08 Å². The second-order valence-corrected chi connectivity index (χ2v) is 5.96. The molecule has 0 aromatic carbocycles. The van der Waals surface area contributed by atoms with Gasteiger partial charge in [-0.2, -0.15) is 0 Å². The number of amides is 2. The van der Waals surface area contributed by atoms with Crippen molar-refractivity contribution in [2.45, 2.75) is 44.1 Å². The summed E-state index contributed by atoms with van der Waals surface area (Å²) < 4.78 is 5.43. The lowest BCUT2D eigenvalue weighted by Crippen LogP contribution is -2.60. The van der Waals surface area contributed by atoms with Crippen LogP contribution in [0, 0.1) is 0 Å². The predicted molar refractivity (Wildman–Crippen MR) is 80.8 cm³/mol. The number of nitrogens with zero attached hydrogens (tertiary/aromatic N) is 1. The molecule has 1 atom stereocenters. The number of likely N-dealkylation sites (tertiary alicyclic amines) is 1. The van der Waals surface area contributed by atoms with Crippen molar-refractivity contribution in [2.24, 2.45) is 0 Å². The van der Waals surface area contributed by atoms with E-state index in [4.69, 9.17) is 4.74 Å². The van der Waals surface area contributed by atoms with Crippen molar-refractivity contribution < 1.29 is 15.8 Å². The summed E-state index contributed by atoms with van der Waals surface area (Å²) in [5, 5.41) is 2.89. The molecule has 1 aliphatic carbocycles. The number of hydrogen-bond donors (Lipinski definition) is 1. The van der Waals surface area contributed by atoms with Crippen LogP contribution in [0.15, 0.2) is 23.8 Å². The van der Waals surface area contributed by atoms with Gasteiger partial charge in [-0.3, -0.25) is 9.69 Å². The van der Waals surface area contributed by atoms with E-state index in [1.54, 1.807) is 4.90 Å². The first-order valence-electron chi connectivity index (χ1n) is 7.81. The van der Waals surface area contributed by atoms with Gasteiger partial charge in [-0.25, -0.2) is 4.79 Å². The topological polar surface area (TPSA) is 58.6 Å². The monoisotopic (exact) mass is 292 g/mol. The van der Waals surface area contributed by atoms with Crippen LogP contribution >= 0.6 is 0 Å². The lowest BCUT2D eigenvalue weighted by Gasteiger charge is -2.39. The number of rotatable bonds is 2. The van der Waals surface area contributed by atoms with Crippen molar-refractivity contribution >= 4 is 12.0 Å². The van der Waals surface area contributed by atoms with Gasteiger partial charge in [-0.05, 0) is 44.1 Å². The lowest BCUT2D eigenvalue weighted by molar-refractivity contribution is -0.133. The lowest BCUT2D eigenvalue weighted by atomic mass is 9.87. The van der Waals surface area contributed by atoms with Gasteiger partial charge in [0, 0.05) is 14.5 Å². The summed E-state index contributed by atoms with van der Waals surface area (Å²) in [5.74, 6) is -0.0139. The Labute approximate surface area is 126 Å². The molecule has 0 radical (unpaired) electrons. The second kappa shape index (κ2) is 5.92. The van der Waals surface area contributed by atoms with Gasteiger partial charge in [0.1, 0.15) is 12.1 Å². The van der Waals surface area contributed by atoms with E-state index >= 15 is 0 Å². The molecule has 0 aromatic rings. The summed E-state index contributed by atoms with van der Waals surface area (Å²) in [6, 6.07) is 0. The smallest absolute Gasteiger partial charge is 0.411 e. The van der Waals surface area contributed by atoms with Crippen molar-refractivity contribution in [3.8, 4) is 0 Å². The van der Waals surface area contributed by atoms with E-state index in [-0.39, 0.29) is 13.4 Å². The van der Waals surface area contributed by atoms with Crippen LogP contribution in [0.25, 0.3) is 0 Å². The summed E-state index contributed by atoms with van der Waals surface area (Å²) >= 11 is 0. The molecule has 1 spiro atoms. The van der Waals surface area contributed by atoms with Gasteiger partial charge in [-0.15, -0.1) is 0 Å². The number of hydrogen-bond acceptors (Lipinski definition) is 3. The predicted octanol–water partition coefficient (Wildman–Crippen LogP) is 2.39. The van der Waals surface area contributed by atoms with Crippen LogP contribution in [0.4, 0.5) is 4.79 Å². The Morgan fingerprint density at radius 3 is 3.00 bits per heavy atom. The third-order valence-electron chi connectivity index (χ3n) is 4.62. The Morgan fingerprint density at radius 1 is 1.38 bits per heavy atom. The number of carbonyl (C=O) groups is 2. The minimum absolute atomic E-state index is 0. The molecule has 2 aliphatic heterocycles. The van der Waals surface area contributed by atoms with Crippen LogP contribution in [0.3, 0.4) is 0 Å². The van der Waals surface area contributed by atoms with Crippen molar-refractivity contribution in [2.75, 3.05) is 19.7 Å². The van der Waals surface area contributed by atoms with Crippen LogP contribution < -0.4 is 5.32 Å². The molecule has 5 heteroatoms. The fourth-order valence-corrected chi connectivity index (χ4v) is 3.50. The fraction of sp³-hybridized carbons (Fsp3) is 0.625. The number of piperidine rings is 1. The SMILES string of the molecule is O=C(OCC1=CCCC=C1)N1CCCC12CCCNC2=O.[HH]. The third-order valence-corrected chi connectivity index (χ3v) is 4.62. The van der Waals surface area contributed by atoms with Gasteiger partial charge in [0.25, 0.3) is 0 Å². The highest BCUT2D eigenvalue weighted by Gasteiger charge is 2.51. The van der Waals surface area contributed by atoms with Crippen molar-refractivity contribution in [3.05, 3.63) is 23.8 Å². The fourth-order valence-electron chi connectivity index (χ4n) is 3.50. The van der Waals surface area contributed by atoms with E-state index in [0.29, 0.717) is 19.7 Å². The third kappa shape index (κ3) is 2.69. The maximum absolute atomic E-state index is 12.4. The molecule has 1 unspecified atom stereocenters. The first kappa shape index (κ1) is 14.2. The molecule has 5 nitrogen and oxygen atoms in total. The molecule has 1 N–H and O–H groups in total. The zero-order chi connectivity index (χ0) is 14.7. The summed E-state index contributed by atoms with van der Waals surface area (Å²) in [6.07, 6.45) is 11.2. The highest BCUT2D eigenvalue weighted by molar-refractivity contribution is 5.91. The van der Waals surface area contributed by atoms with Gasteiger partial charge in [0.2, 0.25) is 5.91 Å². The highest BCUT2D eigenvalue weighted by Crippen LogP contribution is 2.36. The van der Waals surface area contributed by atoms with Crippen LogP contribution in [0.2, 0.25) is 0 Å². The minimum Gasteiger partial charge on any atom is -0.445 e. The number of nitrogens with one attached hydrogen (secondary N) is 1. The zero-order valence-corrected chi connectivity index (χ0v) is 12.3. The van der Waals surface area contributed by atoms with Gasteiger partial charge in [0.05, 0.1) is 0 Å². The normalized spacial score (nSPS) is 28.5. The highest BCUT2D eigenvalue weighted by atomic mass is 16.6. The summed E-state index contributed by atoms with van der Waals surface area (Å²) in [7, 11) is 0. The van der Waals surface area contributed by atoms with Crippen molar-refractivity contribution in [1.82, 2.24) is 10.2 Å². The molecule has 3 aliphatic rings. The standard InChI is InChI=1S/C16H22N2O3.H2/c19-14-16(8-4-10-17-14)9-5-11-18(16)15(20)21-12-13-6-2-1-3-7-13;/h2,6-7H,1,3-5,8-12H2,(H,17,19);1H. The van der Waals surface area contributed by atoms with Crippen LogP contribution in [-0.4, -0.2) is 42.1 Å². The number of ether oxygens (including phenoxy) is 1. The Morgan fingerprint density at radius 2 is 2.24 bits per heavy atom. The van der Waals surface area contributed by atoms with E-state index < -0.39 is 5.54 Å². The quantitative estimate of drug-likeness (QED) is 0.850. The largest absolute Gasteiger partial charge is 0.445 e.